The van der Waals surface area contributed by atoms with Crippen LogP contribution in [-0.2, 0) is 12.4 Å². The second-order valence-corrected chi connectivity index (χ2v) is 6.27. The van der Waals surface area contributed by atoms with E-state index in [1.54, 1.807) is 0 Å². The highest BCUT2D eigenvalue weighted by molar-refractivity contribution is 6.05. The van der Waals surface area contributed by atoms with Gasteiger partial charge in [-0.15, -0.1) is 0 Å². The van der Waals surface area contributed by atoms with Crippen LogP contribution in [0.4, 0.5) is 37.7 Å². The summed E-state index contributed by atoms with van der Waals surface area (Å²) < 4.78 is 80.7. The summed E-state index contributed by atoms with van der Waals surface area (Å²) in [5.74, 6) is -1.30. The highest BCUT2D eigenvalue weighted by Crippen LogP contribution is 2.36. The van der Waals surface area contributed by atoms with Gasteiger partial charge in [-0.25, -0.2) is 4.68 Å². The van der Waals surface area contributed by atoms with Crippen LogP contribution < -0.4 is 5.32 Å². The number of pyridine rings is 1. The first-order chi connectivity index (χ1) is 15.0. The van der Waals surface area contributed by atoms with E-state index in [0.29, 0.717) is 16.9 Å². The summed E-state index contributed by atoms with van der Waals surface area (Å²) in [5.41, 5.74) is -3.66. The molecule has 2 aromatic heterocycles. The third kappa shape index (κ3) is 4.38. The molecule has 0 fully saturated rings. The molecule has 0 saturated heterocycles. The number of carbonyl (C=O) groups is 1. The Hall–Kier alpha value is -3.96. The molecule has 0 spiro atoms. The van der Waals surface area contributed by atoms with Crippen LogP contribution in [0, 0.1) is 0 Å². The minimum absolute atomic E-state index is 0.0699. The number of halogens is 6. The molecule has 0 atom stereocenters. The van der Waals surface area contributed by atoms with Crippen LogP contribution in [0.1, 0.15) is 27.3 Å². The van der Waals surface area contributed by atoms with Gasteiger partial charge in [0, 0.05) is 17.4 Å². The molecule has 1 N–H and O–H groups in total. The Labute approximate surface area is 176 Å². The van der Waals surface area contributed by atoms with Crippen LogP contribution in [0.15, 0.2) is 54.3 Å². The molecule has 0 bridgehead atoms. The van der Waals surface area contributed by atoms with Crippen molar-refractivity contribution in [3.05, 3.63) is 71.8 Å². The monoisotopic (exact) mass is 453 g/mol. The van der Waals surface area contributed by atoms with Crippen molar-refractivity contribution in [3.8, 4) is 5.69 Å². The van der Waals surface area contributed by atoms with Crippen LogP contribution in [0.5, 0.6) is 0 Å². The number of aliphatic imine (C=N–C) groups is 1. The number of rotatable bonds is 5. The summed E-state index contributed by atoms with van der Waals surface area (Å²) >= 11 is 0. The van der Waals surface area contributed by atoms with Crippen LogP contribution in [0.2, 0.25) is 0 Å². The van der Waals surface area contributed by atoms with E-state index >= 15 is 0 Å². The van der Waals surface area contributed by atoms with E-state index in [2.05, 4.69) is 28.4 Å². The summed E-state index contributed by atoms with van der Waals surface area (Å²) in [6.45, 7) is 6.91. The van der Waals surface area contributed by atoms with Crippen molar-refractivity contribution in [3.63, 3.8) is 0 Å². The van der Waals surface area contributed by atoms with Crippen LogP contribution >= 0.6 is 0 Å². The fraction of sp³-hybridized carbons (Fsp3) is 0.100. The molecule has 0 unspecified atom stereocenters. The average Bonchev–Trinajstić information content (AvgIpc) is 3.18. The molecule has 6 nitrogen and oxygen atoms in total. The number of alkyl halides is 6. The maximum atomic E-state index is 13.9. The van der Waals surface area contributed by atoms with Gasteiger partial charge in [0.2, 0.25) is 0 Å². The molecular weight excluding hydrogens is 440 g/mol. The van der Waals surface area contributed by atoms with Gasteiger partial charge in [0.1, 0.15) is 5.69 Å². The Bertz CT molecular complexity index is 1200. The first-order valence-corrected chi connectivity index (χ1v) is 8.69. The molecular formula is C20H13F6N5O. The second-order valence-electron chi connectivity index (χ2n) is 6.27. The summed E-state index contributed by atoms with van der Waals surface area (Å²) in [5, 5.41) is 5.71. The molecule has 0 aliphatic heterocycles. The molecule has 166 valence electrons. The van der Waals surface area contributed by atoms with Crippen LogP contribution in [-0.4, -0.2) is 27.4 Å². The fourth-order valence-electron chi connectivity index (χ4n) is 2.90. The van der Waals surface area contributed by atoms with E-state index in [0.717, 1.165) is 12.3 Å². The molecule has 12 heteroatoms. The largest absolute Gasteiger partial charge is 0.434 e. The zero-order valence-corrected chi connectivity index (χ0v) is 16.0. The number of amides is 1. The topological polar surface area (TPSA) is 72.2 Å². The number of hydrogen-bond donors (Lipinski definition) is 1. The number of hydrogen-bond acceptors (Lipinski definition) is 4. The van der Waals surface area contributed by atoms with Gasteiger partial charge in [-0.2, -0.15) is 31.4 Å². The van der Waals surface area contributed by atoms with E-state index in [1.165, 1.54) is 24.3 Å². The van der Waals surface area contributed by atoms with Gasteiger partial charge in [0.25, 0.3) is 5.91 Å². The van der Waals surface area contributed by atoms with Gasteiger partial charge in [0.05, 0.1) is 23.1 Å². The van der Waals surface area contributed by atoms with Crippen molar-refractivity contribution >= 4 is 30.1 Å². The molecule has 1 aromatic carbocycles. The molecule has 3 rings (SSSR count). The molecule has 0 aliphatic carbocycles. The van der Waals surface area contributed by atoms with E-state index in [-0.39, 0.29) is 22.6 Å². The van der Waals surface area contributed by atoms with Crippen molar-refractivity contribution in [2.24, 2.45) is 4.99 Å². The summed E-state index contributed by atoms with van der Waals surface area (Å²) in [4.78, 5) is 19.4. The molecule has 0 saturated carbocycles. The molecule has 32 heavy (non-hydrogen) atoms. The van der Waals surface area contributed by atoms with E-state index in [9.17, 15) is 31.1 Å². The lowest BCUT2D eigenvalue weighted by atomic mass is 10.1. The van der Waals surface area contributed by atoms with E-state index in [1.807, 2.05) is 5.32 Å². The Morgan fingerprint density at radius 1 is 1.12 bits per heavy atom. The lowest BCUT2D eigenvalue weighted by molar-refractivity contribution is -0.143. The van der Waals surface area contributed by atoms with Gasteiger partial charge in [0.15, 0.2) is 5.69 Å². The second kappa shape index (κ2) is 8.29. The van der Waals surface area contributed by atoms with Crippen molar-refractivity contribution in [2.45, 2.75) is 12.4 Å². The van der Waals surface area contributed by atoms with Gasteiger partial charge in [-0.1, -0.05) is 18.7 Å². The Balaban J connectivity index is 2.09. The lowest BCUT2D eigenvalue weighted by Crippen LogP contribution is -2.21. The minimum atomic E-state index is -5.03. The Kier molecular flexibility index (Phi) is 5.88. The number of carbonyl (C=O) groups excluding carboxylic acids is 1. The third-order valence-corrected chi connectivity index (χ3v) is 4.25. The minimum Gasteiger partial charge on any atom is -0.322 e. The molecule has 0 radical (unpaired) electrons. The highest BCUT2D eigenvalue weighted by Gasteiger charge is 2.41. The molecule has 1 amide bonds. The maximum absolute atomic E-state index is 13.9. The van der Waals surface area contributed by atoms with Crippen LogP contribution in [0.3, 0.4) is 0 Å². The fourth-order valence-corrected chi connectivity index (χ4v) is 2.90. The van der Waals surface area contributed by atoms with Gasteiger partial charge >= 0.3 is 12.4 Å². The number of anilines is 1. The zero-order chi connectivity index (χ0) is 23.7. The standard InChI is InChI=1S/C20H13F6N5O/c1-3-12-14(27-2)5-4-6-15(12)31-17(20(24,25)26)13(10-29-31)18(32)30-11-7-8-28-16(9-11)19(21,22)23/h3-10H,1-2H2,(H,28,30,32). The predicted molar refractivity (Wildman–Crippen MR) is 105 cm³/mol. The van der Waals surface area contributed by atoms with Crippen molar-refractivity contribution < 1.29 is 31.1 Å². The Morgan fingerprint density at radius 2 is 1.84 bits per heavy atom. The molecule has 0 aliphatic rings. The quantitative estimate of drug-likeness (QED) is 0.408. The first-order valence-electron chi connectivity index (χ1n) is 8.69. The normalized spacial score (nSPS) is 11.8. The SMILES string of the molecule is C=Cc1c(N=C)cccc1-n1ncc(C(=O)Nc2ccnc(C(F)(F)F)c2)c1C(F)(F)F. The summed E-state index contributed by atoms with van der Waals surface area (Å²) in [6.07, 6.45) is -7.12. The average molecular weight is 453 g/mol. The number of nitrogens with one attached hydrogen (secondary N) is 1. The first kappa shape index (κ1) is 22.7. The third-order valence-electron chi connectivity index (χ3n) is 4.25. The molecule has 2 heterocycles. The zero-order valence-electron chi connectivity index (χ0n) is 16.0. The van der Waals surface area contributed by atoms with Crippen LogP contribution in [0.25, 0.3) is 11.8 Å². The molecule has 3 aromatic rings. The smallest absolute Gasteiger partial charge is 0.322 e. The highest BCUT2D eigenvalue weighted by atomic mass is 19.4. The summed E-state index contributed by atoms with van der Waals surface area (Å²) in [6, 6.07) is 5.75. The van der Waals surface area contributed by atoms with E-state index in [4.69, 9.17) is 0 Å². The van der Waals surface area contributed by atoms with E-state index < -0.39 is 35.2 Å². The lowest BCUT2D eigenvalue weighted by Gasteiger charge is -2.15. The number of nitrogens with zero attached hydrogens (tertiary/aromatic N) is 4. The maximum Gasteiger partial charge on any atom is 0.434 e. The van der Waals surface area contributed by atoms with Crippen molar-refractivity contribution in [1.29, 1.82) is 0 Å². The van der Waals surface area contributed by atoms with Gasteiger partial charge in [-0.05, 0) is 31.0 Å². The van der Waals surface area contributed by atoms with Gasteiger partial charge in [-0.3, -0.25) is 14.8 Å². The summed E-state index contributed by atoms with van der Waals surface area (Å²) in [7, 11) is 0. The predicted octanol–water partition coefficient (Wildman–Crippen LogP) is 5.53. The number of benzene rings is 1. The van der Waals surface area contributed by atoms with Crippen molar-refractivity contribution in [1.82, 2.24) is 14.8 Å². The van der Waals surface area contributed by atoms with Gasteiger partial charge < -0.3 is 5.32 Å². The van der Waals surface area contributed by atoms with Crippen molar-refractivity contribution in [2.75, 3.05) is 5.32 Å². The Morgan fingerprint density at radius 3 is 2.44 bits per heavy atom. The number of aromatic nitrogens is 3.